The molecule has 3 heteroatoms. The average molecular weight is 214 g/mol. The van der Waals surface area contributed by atoms with Crippen LogP contribution in [0.5, 0.6) is 0 Å². The SMILES string of the molecule is COCCC(C)NCCN1CCCCC1. The van der Waals surface area contributed by atoms with E-state index in [4.69, 9.17) is 4.74 Å². The van der Waals surface area contributed by atoms with E-state index < -0.39 is 0 Å². The fraction of sp³-hybridized carbons (Fsp3) is 1.00. The minimum Gasteiger partial charge on any atom is -0.385 e. The topological polar surface area (TPSA) is 24.5 Å². The van der Waals surface area contributed by atoms with E-state index in [-0.39, 0.29) is 0 Å². The molecule has 1 saturated heterocycles. The molecule has 1 aliphatic rings. The largest absolute Gasteiger partial charge is 0.385 e. The number of methoxy groups -OCH3 is 1. The van der Waals surface area contributed by atoms with E-state index in [1.807, 2.05) is 0 Å². The van der Waals surface area contributed by atoms with Gasteiger partial charge in [0.25, 0.3) is 0 Å². The number of nitrogens with zero attached hydrogens (tertiary/aromatic N) is 1. The Bertz CT molecular complexity index is 147. The van der Waals surface area contributed by atoms with E-state index in [9.17, 15) is 0 Å². The normalized spacial score (nSPS) is 20.4. The number of rotatable bonds is 7. The first-order valence-corrected chi connectivity index (χ1v) is 6.27. The van der Waals surface area contributed by atoms with Gasteiger partial charge < -0.3 is 15.0 Å². The molecule has 1 aliphatic heterocycles. The molecular formula is C12H26N2O. The monoisotopic (exact) mass is 214 g/mol. The van der Waals surface area contributed by atoms with Crippen molar-refractivity contribution in [3.05, 3.63) is 0 Å². The fourth-order valence-corrected chi connectivity index (χ4v) is 2.05. The molecule has 1 rings (SSSR count). The van der Waals surface area contributed by atoms with Gasteiger partial charge in [0, 0.05) is 32.8 Å². The second-order valence-electron chi connectivity index (χ2n) is 4.54. The summed E-state index contributed by atoms with van der Waals surface area (Å²) in [4.78, 5) is 2.57. The van der Waals surface area contributed by atoms with Gasteiger partial charge >= 0.3 is 0 Å². The zero-order chi connectivity index (χ0) is 10.9. The summed E-state index contributed by atoms with van der Waals surface area (Å²) >= 11 is 0. The standard InChI is InChI=1S/C12H26N2O/c1-12(6-11-15-2)13-7-10-14-8-4-3-5-9-14/h12-13H,3-11H2,1-2H3. The quantitative estimate of drug-likeness (QED) is 0.695. The molecular weight excluding hydrogens is 188 g/mol. The van der Waals surface area contributed by atoms with Crippen LogP contribution in [0.1, 0.15) is 32.6 Å². The van der Waals surface area contributed by atoms with Crippen LogP contribution in [0.3, 0.4) is 0 Å². The molecule has 1 atom stereocenters. The van der Waals surface area contributed by atoms with Crippen LogP contribution >= 0.6 is 0 Å². The summed E-state index contributed by atoms with van der Waals surface area (Å²) in [6.45, 7) is 8.01. The van der Waals surface area contributed by atoms with Crippen LogP contribution in [-0.2, 0) is 4.74 Å². The Morgan fingerprint density at radius 3 is 2.67 bits per heavy atom. The van der Waals surface area contributed by atoms with Gasteiger partial charge in [-0.05, 0) is 39.3 Å². The molecule has 1 N–H and O–H groups in total. The van der Waals surface area contributed by atoms with Gasteiger partial charge in [-0.2, -0.15) is 0 Å². The van der Waals surface area contributed by atoms with Gasteiger partial charge in [0.15, 0.2) is 0 Å². The van der Waals surface area contributed by atoms with Crippen molar-refractivity contribution in [3.8, 4) is 0 Å². The molecule has 0 aromatic heterocycles. The number of ether oxygens (including phenoxy) is 1. The van der Waals surface area contributed by atoms with Crippen LogP contribution in [0, 0.1) is 0 Å². The van der Waals surface area contributed by atoms with Crippen molar-refractivity contribution in [1.82, 2.24) is 10.2 Å². The highest BCUT2D eigenvalue weighted by atomic mass is 16.5. The third-order valence-corrected chi connectivity index (χ3v) is 3.12. The predicted octanol–water partition coefficient (Wildman–Crippen LogP) is 1.49. The lowest BCUT2D eigenvalue weighted by molar-refractivity contribution is 0.182. The van der Waals surface area contributed by atoms with Crippen LogP contribution < -0.4 is 5.32 Å². The van der Waals surface area contributed by atoms with E-state index in [2.05, 4.69) is 17.1 Å². The maximum Gasteiger partial charge on any atom is 0.0476 e. The summed E-state index contributed by atoms with van der Waals surface area (Å²) in [5.74, 6) is 0. The van der Waals surface area contributed by atoms with Crippen LogP contribution in [0.25, 0.3) is 0 Å². The van der Waals surface area contributed by atoms with Crippen LogP contribution in [0.2, 0.25) is 0 Å². The molecule has 3 nitrogen and oxygen atoms in total. The number of likely N-dealkylation sites (tertiary alicyclic amines) is 1. The van der Waals surface area contributed by atoms with E-state index in [1.165, 1.54) is 38.9 Å². The number of hydrogen-bond donors (Lipinski definition) is 1. The maximum absolute atomic E-state index is 5.06. The first-order chi connectivity index (χ1) is 7.33. The lowest BCUT2D eigenvalue weighted by Gasteiger charge is -2.27. The summed E-state index contributed by atoms with van der Waals surface area (Å²) < 4.78 is 5.06. The van der Waals surface area contributed by atoms with Crippen molar-refractivity contribution in [1.29, 1.82) is 0 Å². The molecule has 15 heavy (non-hydrogen) atoms. The molecule has 0 radical (unpaired) electrons. The van der Waals surface area contributed by atoms with Gasteiger partial charge in [-0.3, -0.25) is 0 Å². The van der Waals surface area contributed by atoms with E-state index in [0.29, 0.717) is 6.04 Å². The van der Waals surface area contributed by atoms with Gasteiger partial charge in [0.1, 0.15) is 0 Å². The predicted molar refractivity (Wildman–Crippen MR) is 64.2 cm³/mol. The smallest absolute Gasteiger partial charge is 0.0476 e. The van der Waals surface area contributed by atoms with Gasteiger partial charge in [0.2, 0.25) is 0 Å². The average Bonchev–Trinajstić information content (AvgIpc) is 2.28. The fourth-order valence-electron chi connectivity index (χ4n) is 2.05. The first-order valence-electron chi connectivity index (χ1n) is 6.27. The Morgan fingerprint density at radius 1 is 1.27 bits per heavy atom. The highest BCUT2D eigenvalue weighted by Crippen LogP contribution is 2.07. The molecule has 0 aromatic carbocycles. The van der Waals surface area contributed by atoms with Gasteiger partial charge in [-0.15, -0.1) is 0 Å². The molecule has 0 spiro atoms. The number of hydrogen-bond acceptors (Lipinski definition) is 3. The Kier molecular flexibility index (Phi) is 6.98. The van der Waals surface area contributed by atoms with Crippen molar-refractivity contribution in [3.63, 3.8) is 0 Å². The summed E-state index contributed by atoms with van der Waals surface area (Å²) in [5, 5.41) is 3.54. The summed E-state index contributed by atoms with van der Waals surface area (Å²) in [6.07, 6.45) is 5.31. The Labute approximate surface area is 94.2 Å². The zero-order valence-corrected chi connectivity index (χ0v) is 10.3. The van der Waals surface area contributed by atoms with Gasteiger partial charge in [-0.25, -0.2) is 0 Å². The molecule has 0 aromatic rings. The summed E-state index contributed by atoms with van der Waals surface area (Å²) in [7, 11) is 1.76. The van der Waals surface area contributed by atoms with Crippen molar-refractivity contribution in [2.45, 2.75) is 38.6 Å². The Morgan fingerprint density at radius 2 is 2.00 bits per heavy atom. The zero-order valence-electron chi connectivity index (χ0n) is 10.3. The maximum atomic E-state index is 5.06. The molecule has 90 valence electrons. The first kappa shape index (κ1) is 12.9. The molecule has 0 bridgehead atoms. The van der Waals surface area contributed by atoms with Crippen LogP contribution in [0.4, 0.5) is 0 Å². The molecule has 1 unspecified atom stereocenters. The molecule has 1 fully saturated rings. The number of piperidine rings is 1. The van der Waals surface area contributed by atoms with E-state index in [0.717, 1.165) is 19.6 Å². The van der Waals surface area contributed by atoms with Gasteiger partial charge in [-0.1, -0.05) is 6.42 Å². The third kappa shape index (κ3) is 6.13. The highest BCUT2D eigenvalue weighted by molar-refractivity contribution is 4.67. The second kappa shape index (κ2) is 8.08. The van der Waals surface area contributed by atoms with Gasteiger partial charge in [0.05, 0.1) is 0 Å². The summed E-state index contributed by atoms with van der Waals surface area (Å²) in [5.41, 5.74) is 0. The van der Waals surface area contributed by atoms with E-state index >= 15 is 0 Å². The lowest BCUT2D eigenvalue weighted by atomic mass is 10.1. The van der Waals surface area contributed by atoms with Crippen LogP contribution in [0.15, 0.2) is 0 Å². The Hall–Kier alpha value is -0.120. The van der Waals surface area contributed by atoms with E-state index in [1.54, 1.807) is 7.11 Å². The van der Waals surface area contributed by atoms with Crippen molar-refractivity contribution in [2.24, 2.45) is 0 Å². The molecule has 1 heterocycles. The van der Waals surface area contributed by atoms with Crippen molar-refractivity contribution >= 4 is 0 Å². The Balaban J connectivity index is 1.94. The molecule has 0 amide bonds. The van der Waals surface area contributed by atoms with Crippen molar-refractivity contribution in [2.75, 3.05) is 39.9 Å². The molecule has 0 aliphatic carbocycles. The minimum atomic E-state index is 0.578. The van der Waals surface area contributed by atoms with Crippen molar-refractivity contribution < 1.29 is 4.74 Å². The minimum absolute atomic E-state index is 0.578. The second-order valence-corrected chi connectivity index (χ2v) is 4.54. The number of nitrogens with one attached hydrogen (secondary N) is 1. The lowest BCUT2D eigenvalue weighted by Crippen LogP contribution is -2.38. The summed E-state index contributed by atoms with van der Waals surface area (Å²) in [6, 6.07) is 0.578. The highest BCUT2D eigenvalue weighted by Gasteiger charge is 2.09. The third-order valence-electron chi connectivity index (χ3n) is 3.12. The molecule has 0 saturated carbocycles. The van der Waals surface area contributed by atoms with Crippen LogP contribution in [-0.4, -0.2) is 50.8 Å².